The molecule has 1 heterocycles. The number of benzene rings is 1. The van der Waals surface area contributed by atoms with E-state index in [0.29, 0.717) is 11.5 Å². The lowest BCUT2D eigenvalue weighted by Gasteiger charge is -2.24. The first-order valence-electron chi connectivity index (χ1n) is 9.18. The van der Waals surface area contributed by atoms with Gasteiger partial charge in [-0.3, -0.25) is 0 Å². The Bertz CT molecular complexity index is 740. The lowest BCUT2D eigenvalue weighted by atomic mass is 9.89. The van der Waals surface area contributed by atoms with Crippen LogP contribution in [0.5, 0.6) is 5.75 Å². The summed E-state index contributed by atoms with van der Waals surface area (Å²) in [5.41, 5.74) is -0.488. The lowest BCUT2D eigenvalue weighted by molar-refractivity contribution is -0.168. The van der Waals surface area contributed by atoms with Gasteiger partial charge in [-0.1, -0.05) is 17.3 Å². The number of amides is 1. The normalized spacial score (nSPS) is 18.7. The summed E-state index contributed by atoms with van der Waals surface area (Å²) in [5, 5.41) is 6.64. The zero-order valence-corrected chi connectivity index (χ0v) is 17.0. The van der Waals surface area contributed by atoms with Crippen molar-refractivity contribution in [3.05, 3.63) is 29.8 Å². The number of rotatable bonds is 7. The predicted molar refractivity (Wildman–Crippen MR) is 103 cm³/mol. The lowest BCUT2D eigenvalue weighted by Crippen LogP contribution is -2.44. The fraction of sp³-hybridized carbons (Fsp3) is 0.550. The maximum Gasteiger partial charge on any atom is 0.407 e. The molecule has 8 heteroatoms. The first kappa shape index (κ1) is 21.5. The smallest absolute Gasteiger partial charge is 0.407 e. The van der Waals surface area contributed by atoms with Gasteiger partial charge in [-0.2, -0.15) is 0 Å². The van der Waals surface area contributed by atoms with Crippen molar-refractivity contribution in [2.75, 3.05) is 20.3 Å². The predicted octanol–water partition coefficient (Wildman–Crippen LogP) is 2.84. The Labute approximate surface area is 165 Å². The summed E-state index contributed by atoms with van der Waals surface area (Å²) >= 11 is 0. The van der Waals surface area contributed by atoms with E-state index >= 15 is 0 Å². The first-order chi connectivity index (χ1) is 13.2. The number of carbonyl (C=O) groups excluding carboxylic acids is 2. The van der Waals surface area contributed by atoms with E-state index in [1.165, 1.54) is 0 Å². The minimum Gasteiger partial charge on any atom is -0.497 e. The van der Waals surface area contributed by atoms with Gasteiger partial charge in [0.1, 0.15) is 11.4 Å². The second kappa shape index (κ2) is 8.95. The van der Waals surface area contributed by atoms with Gasteiger partial charge in [0.25, 0.3) is 0 Å². The molecular formula is C20H28N2O6. The van der Waals surface area contributed by atoms with Crippen LogP contribution < -0.4 is 10.1 Å². The van der Waals surface area contributed by atoms with E-state index in [9.17, 15) is 9.59 Å². The largest absolute Gasteiger partial charge is 0.497 e. The Morgan fingerprint density at radius 1 is 1.32 bits per heavy atom. The Kier molecular flexibility index (Phi) is 6.88. The van der Waals surface area contributed by atoms with Crippen molar-refractivity contribution in [3.8, 4) is 5.75 Å². The van der Waals surface area contributed by atoms with E-state index in [1.54, 1.807) is 34.8 Å². The maximum atomic E-state index is 12.6. The highest BCUT2D eigenvalue weighted by Crippen LogP contribution is 2.31. The third-order valence-electron chi connectivity index (χ3n) is 3.95. The van der Waals surface area contributed by atoms with Crippen LogP contribution in [0.3, 0.4) is 0 Å². The topological polar surface area (TPSA) is 95.5 Å². The van der Waals surface area contributed by atoms with E-state index in [-0.39, 0.29) is 26.0 Å². The molecule has 1 N–H and O–H groups in total. The highest BCUT2D eigenvalue weighted by atomic mass is 16.7. The van der Waals surface area contributed by atoms with Crippen molar-refractivity contribution < 1.29 is 28.6 Å². The molecule has 1 atom stereocenters. The molecule has 154 valence electrons. The van der Waals surface area contributed by atoms with Gasteiger partial charge in [0.2, 0.25) is 5.60 Å². The fourth-order valence-electron chi connectivity index (χ4n) is 2.78. The summed E-state index contributed by atoms with van der Waals surface area (Å²) in [7, 11) is 1.58. The molecule has 1 aliphatic heterocycles. The minimum absolute atomic E-state index is 0.119. The summed E-state index contributed by atoms with van der Waals surface area (Å²) in [4.78, 5) is 30.0. The Balaban J connectivity index is 2.07. The molecule has 1 aliphatic rings. The monoisotopic (exact) mass is 392 g/mol. The molecule has 1 unspecified atom stereocenters. The van der Waals surface area contributed by atoms with E-state index in [2.05, 4.69) is 10.5 Å². The zero-order valence-electron chi connectivity index (χ0n) is 17.0. The molecule has 28 heavy (non-hydrogen) atoms. The van der Waals surface area contributed by atoms with Crippen LogP contribution in [0.25, 0.3) is 0 Å². The molecule has 1 amide bonds. The Hall–Kier alpha value is -2.77. The maximum absolute atomic E-state index is 12.6. The third kappa shape index (κ3) is 5.87. The molecule has 0 radical (unpaired) electrons. The number of carbonyl (C=O) groups is 2. The van der Waals surface area contributed by atoms with E-state index in [0.717, 1.165) is 5.56 Å². The highest BCUT2D eigenvalue weighted by Gasteiger charge is 2.48. The van der Waals surface area contributed by atoms with Gasteiger partial charge in [0.15, 0.2) is 0 Å². The molecule has 1 aromatic rings. The molecule has 0 aliphatic carbocycles. The Morgan fingerprint density at radius 2 is 2.07 bits per heavy atom. The molecule has 0 saturated heterocycles. The van der Waals surface area contributed by atoms with Crippen molar-refractivity contribution in [1.82, 2.24) is 5.32 Å². The summed E-state index contributed by atoms with van der Waals surface area (Å²) in [5.74, 6) is 0.191. The van der Waals surface area contributed by atoms with Gasteiger partial charge in [-0.15, -0.1) is 0 Å². The average Bonchev–Trinajstić information content (AvgIpc) is 3.03. The van der Waals surface area contributed by atoms with E-state index < -0.39 is 23.3 Å². The van der Waals surface area contributed by atoms with Crippen LogP contribution in [-0.2, 0) is 25.5 Å². The van der Waals surface area contributed by atoms with Gasteiger partial charge in [-0.05, 0) is 45.4 Å². The van der Waals surface area contributed by atoms with Crippen LogP contribution >= 0.6 is 0 Å². The number of nitrogens with one attached hydrogen (secondary N) is 1. The van der Waals surface area contributed by atoms with Crippen molar-refractivity contribution in [2.45, 2.75) is 51.7 Å². The summed E-state index contributed by atoms with van der Waals surface area (Å²) in [6, 6.07) is 7.38. The van der Waals surface area contributed by atoms with Crippen LogP contribution in [0.15, 0.2) is 29.4 Å². The molecule has 0 aromatic heterocycles. The molecular weight excluding hydrogens is 364 g/mol. The second-order valence-corrected chi connectivity index (χ2v) is 7.52. The number of methoxy groups -OCH3 is 1. The number of ether oxygens (including phenoxy) is 3. The minimum atomic E-state index is -1.27. The third-order valence-corrected chi connectivity index (χ3v) is 3.95. The van der Waals surface area contributed by atoms with Crippen LogP contribution in [0.4, 0.5) is 4.79 Å². The van der Waals surface area contributed by atoms with Crippen LogP contribution in [0.1, 0.15) is 39.7 Å². The molecule has 0 bridgehead atoms. The van der Waals surface area contributed by atoms with E-state index in [4.69, 9.17) is 19.0 Å². The molecule has 8 nitrogen and oxygen atoms in total. The van der Waals surface area contributed by atoms with Gasteiger partial charge in [0, 0.05) is 12.8 Å². The van der Waals surface area contributed by atoms with Crippen LogP contribution in [-0.4, -0.2) is 49.2 Å². The van der Waals surface area contributed by atoms with Gasteiger partial charge in [-0.25, -0.2) is 9.59 Å². The molecule has 0 spiro atoms. The number of hydrogen-bond donors (Lipinski definition) is 1. The number of hydrogen-bond acceptors (Lipinski definition) is 7. The van der Waals surface area contributed by atoms with Gasteiger partial charge < -0.3 is 24.4 Å². The average molecular weight is 392 g/mol. The number of alkyl carbamates (subject to hydrolysis) is 1. The van der Waals surface area contributed by atoms with E-state index in [1.807, 2.05) is 24.3 Å². The van der Waals surface area contributed by atoms with Crippen molar-refractivity contribution in [1.29, 1.82) is 0 Å². The summed E-state index contributed by atoms with van der Waals surface area (Å²) in [6.07, 6.45) is -0.0852. The standard InChI is InChI=1S/C20H28N2O6/c1-6-26-17(23)20(11-14-8-7-9-16(10-14)25-5)12-15(22-28-20)13-21-18(24)27-19(2,3)4/h7-10H,6,11-13H2,1-5H3,(H,21,24). The second-order valence-electron chi connectivity index (χ2n) is 7.52. The molecule has 2 rings (SSSR count). The number of oxime groups is 1. The van der Waals surface area contributed by atoms with Crippen molar-refractivity contribution >= 4 is 17.8 Å². The Morgan fingerprint density at radius 3 is 2.71 bits per heavy atom. The van der Waals surface area contributed by atoms with Gasteiger partial charge in [0.05, 0.1) is 26.0 Å². The molecule has 0 saturated carbocycles. The number of nitrogens with zero attached hydrogens (tertiary/aromatic N) is 1. The summed E-state index contributed by atoms with van der Waals surface area (Å²) < 4.78 is 15.7. The van der Waals surface area contributed by atoms with Gasteiger partial charge >= 0.3 is 12.1 Å². The first-order valence-corrected chi connectivity index (χ1v) is 9.18. The quantitative estimate of drug-likeness (QED) is 0.717. The van der Waals surface area contributed by atoms with Crippen LogP contribution in [0, 0.1) is 0 Å². The summed E-state index contributed by atoms with van der Waals surface area (Å²) in [6.45, 7) is 7.42. The van der Waals surface area contributed by atoms with Crippen LogP contribution in [0.2, 0.25) is 0 Å². The molecule has 1 aromatic carbocycles. The number of esters is 1. The SMILES string of the molecule is CCOC(=O)C1(Cc2cccc(OC)c2)CC(CNC(=O)OC(C)(C)C)=NO1. The molecule has 0 fully saturated rings. The van der Waals surface area contributed by atoms with Crippen molar-refractivity contribution in [3.63, 3.8) is 0 Å². The zero-order chi connectivity index (χ0) is 20.8. The van der Waals surface area contributed by atoms with Crippen molar-refractivity contribution in [2.24, 2.45) is 5.16 Å². The highest BCUT2D eigenvalue weighted by molar-refractivity contribution is 5.96. The fourth-order valence-corrected chi connectivity index (χ4v) is 2.78.